The lowest BCUT2D eigenvalue weighted by molar-refractivity contribution is -0.142. The maximum Gasteiger partial charge on any atom is 0.255 e. The summed E-state index contributed by atoms with van der Waals surface area (Å²) in [5.74, 6) is 0.978. The molecule has 2 saturated carbocycles. The van der Waals surface area contributed by atoms with Crippen LogP contribution in [-0.2, 0) is 11.8 Å². The average molecular weight is 401 g/mol. The average Bonchev–Trinajstić information content (AvgIpc) is 3.24. The van der Waals surface area contributed by atoms with Crippen LogP contribution in [0.5, 0.6) is 0 Å². The van der Waals surface area contributed by atoms with Gasteiger partial charge in [-0.25, -0.2) is 0 Å². The molecule has 2 aliphatic carbocycles. The summed E-state index contributed by atoms with van der Waals surface area (Å²) >= 11 is 0. The van der Waals surface area contributed by atoms with Crippen LogP contribution in [0.1, 0.15) is 86.0 Å². The SMILES string of the molecule is Cc1nn(C)c(C)c1C(=O)NC[C@@]12CCC[C@H]1N(CC1CCCCC1)C(=O)CC2. The number of carbonyl (C=O) groups excluding carboxylic acids is 2. The summed E-state index contributed by atoms with van der Waals surface area (Å²) in [6.07, 6.45) is 11.4. The van der Waals surface area contributed by atoms with Crippen LogP contribution in [0.3, 0.4) is 0 Å². The highest BCUT2D eigenvalue weighted by Crippen LogP contribution is 2.48. The minimum Gasteiger partial charge on any atom is -0.351 e. The molecule has 1 saturated heterocycles. The van der Waals surface area contributed by atoms with E-state index in [2.05, 4.69) is 15.3 Å². The van der Waals surface area contributed by atoms with Crippen molar-refractivity contribution in [2.24, 2.45) is 18.4 Å². The molecule has 3 aliphatic rings. The number of hydrogen-bond donors (Lipinski definition) is 1. The van der Waals surface area contributed by atoms with Gasteiger partial charge in [0.1, 0.15) is 0 Å². The van der Waals surface area contributed by atoms with E-state index in [0.717, 1.165) is 43.6 Å². The number of nitrogens with one attached hydrogen (secondary N) is 1. The van der Waals surface area contributed by atoms with Gasteiger partial charge in [0.15, 0.2) is 0 Å². The molecule has 2 heterocycles. The first-order chi connectivity index (χ1) is 13.9. The molecule has 1 aliphatic heterocycles. The molecule has 0 bridgehead atoms. The van der Waals surface area contributed by atoms with Gasteiger partial charge in [-0.3, -0.25) is 14.3 Å². The number of aryl methyl sites for hydroxylation is 2. The van der Waals surface area contributed by atoms with Crippen LogP contribution in [0.4, 0.5) is 0 Å². The molecule has 29 heavy (non-hydrogen) atoms. The van der Waals surface area contributed by atoms with Crippen LogP contribution >= 0.6 is 0 Å². The molecule has 0 radical (unpaired) electrons. The summed E-state index contributed by atoms with van der Waals surface area (Å²) in [6, 6.07) is 0.294. The highest BCUT2D eigenvalue weighted by Gasteiger charge is 2.50. The van der Waals surface area contributed by atoms with Crippen molar-refractivity contribution in [3.05, 3.63) is 17.0 Å². The standard InChI is InChI=1S/C23H36N4O2/c1-16-21(17(2)26(3)25-16)22(29)24-15-23-12-7-10-19(23)27(20(28)11-13-23)14-18-8-5-4-6-9-18/h18-19H,4-15H2,1-3H3,(H,24,29)/t19-,23+/m1/s1. The molecule has 0 aromatic carbocycles. The van der Waals surface area contributed by atoms with Crippen LogP contribution in [0.15, 0.2) is 0 Å². The Morgan fingerprint density at radius 2 is 1.90 bits per heavy atom. The monoisotopic (exact) mass is 400 g/mol. The lowest BCUT2D eigenvalue weighted by Gasteiger charge is -2.47. The van der Waals surface area contributed by atoms with Gasteiger partial charge in [-0.05, 0) is 51.9 Å². The smallest absolute Gasteiger partial charge is 0.255 e. The zero-order chi connectivity index (χ0) is 20.6. The molecule has 6 heteroatoms. The van der Waals surface area contributed by atoms with Crippen LogP contribution in [-0.4, -0.2) is 45.6 Å². The van der Waals surface area contributed by atoms with E-state index < -0.39 is 0 Å². The zero-order valence-electron chi connectivity index (χ0n) is 18.3. The van der Waals surface area contributed by atoms with E-state index in [1.165, 1.54) is 32.1 Å². The largest absolute Gasteiger partial charge is 0.351 e. The first-order valence-electron chi connectivity index (χ1n) is 11.5. The van der Waals surface area contributed by atoms with Crippen LogP contribution < -0.4 is 5.32 Å². The first-order valence-corrected chi connectivity index (χ1v) is 11.5. The maximum atomic E-state index is 12.9. The third kappa shape index (κ3) is 3.82. The maximum absolute atomic E-state index is 12.9. The van der Waals surface area contributed by atoms with E-state index in [9.17, 15) is 9.59 Å². The second-order valence-electron chi connectivity index (χ2n) is 9.67. The Morgan fingerprint density at radius 1 is 1.14 bits per heavy atom. The molecule has 160 valence electrons. The molecule has 0 unspecified atom stereocenters. The van der Waals surface area contributed by atoms with Gasteiger partial charge in [-0.2, -0.15) is 5.10 Å². The molecule has 2 atom stereocenters. The van der Waals surface area contributed by atoms with E-state index in [1.807, 2.05) is 20.9 Å². The van der Waals surface area contributed by atoms with Gasteiger partial charge in [-0.15, -0.1) is 0 Å². The number of hydrogen-bond acceptors (Lipinski definition) is 3. The second kappa shape index (κ2) is 8.11. The van der Waals surface area contributed by atoms with Gasteiger partial charge in [0.05, 0.1) is 11.3 Å². The van der Waals surface area contributed by atoms with E-state index >= 15 is 0 Å². The van der Waals surface area contributed by atoms with Crippen LogP contribution in [0.2, 0.25) is 0 Å². The van der Waals surface area contributed by atoms with Gasteiger partial charge < -0.3 is 10.2 Å². The normalized spacial score (nSPS) is 27.9. The molecule has 0 spiro atoms. The summed E-state index contributed by atoms with van der Waals surface area (Å²) in [5, 5.41) is 7.62. The van der Waals surface area contributed by atoms with Crippen molar-refractivity contribution in [3.8, 4) is 0 Å². The van der Waals surface area contributed by atoms with Crippen molar-refractivity contribution in [2.45, 2.75) is 84.1 Å². The van der Waals surface area contributed by atoms with E-state index in [4.69, 9.17) is 0 Å². The summed E-state index contributed by atoms with van der Waals surface area (Å²) in [7, 11) is 1.88. The zero-order valence-corrected chi connectivity index (χ0v) is 18.3. The van der Waals surface area contributed by atoms with E-state index in [0.29, 0.717) is 36.4 Å². The number of fused-ring (bicyclic) bond motifs is 1. The lowest BCUT2D eigenvalue weighted by atomic mass is 9.74. The minimum atomic E-state index is -0.0242. The molecule has 1 aromatic rings. The Kier molecular flexibility index (Phi) is 5.71. The first kappa shape index (κ1) is 20.4. The number of aromatic nitrogens is 2. The van der Waals surface area contributed by atoms with Crippen molar-refractivity contribution in [1.29, 1.82) is 0 Å². The van der Waals surface area contributed by atoms with Gasteiger partial charge in [0, 0.05) is 43.7 Å². The summed E-state index contributed by atoms with van der Waals surface area (Å²) < 4.78 is 1.77. The fraction of sp³-hybridized carbons (Fsp3) is 0.783. The lowest BCUT2D eigenvalue weighted by Crippen LogP contribution is -2.57. The topological polar surface area (TPSA) is 67.2 Å². The number of amides is 2. The van der Waals surface area contributed by atoms with Crippen LogP contribution in [0, 0.1) is 25.2 Å². The Morgan fingerprint density at radius 3 is 2.59 bits per heavy atom. The highest BCUT2D eigenvalue weighted by molar-refractivity contribution is 5.96. The molecule has 1 aromatic heterocycles. The predicted molar refractivity (Wildman–Crippen MR) is 113 cm³/mol. The van der Waals surface area contributed by atoms with Gasteiger partial charge in [-0.1, -0.05) is 25.7 Å². The third-order valence-corrected chi connectivity index (χ3v) is 7.91. The number of nitrogens with zero attached hydrogens (tertiary/aromatic N) is 3. The number of likely N-dealkylation sites (tertiary alicyclic amines) is 1. The Labute approximate surface area is 174 Å². The van der Waals surface area contributed by atoms with Crippen molar-refractivity contribution < 1.29 is 9.59 Å². The quantitative estimate of drug-likeness (QED) is 0.822. The van der Waals surface area contributed by atoms with Crippen molar-refractivity contribution >= 4 is 11.8 Å². The highest BCUT2D eigenvalue weighted by atomic mass is 16.2. The molecule has 1 N–H and O–H groups in total. The van der Waals surface area contributed by atoms with Crippen molar-refractivity contribution in [2.75, 3.05) is 13.1 Å². The molecule has 4 rings (SSSR count). The van der Waals surface area contributed by atoms with Gasteiger partial charge in [0.2, 0.25) is 5.91 Å². The van der Waals surface area contributed by atoms with Gasteiger partial charge in [0.25, 0.3) is 5.91 Å². The number of rotatable bonds is 5. The summed E-state index contributed by atoms with van der Waals surface area (Å²) in [4.78, 5) is 28.0. The van der Waals surface area contributed by atoms with Crippen LogP contribution in [0.25, 0.3) is 0 Å². The number of piperidine rings is 1. The second-order valence-corrected chi connectivity index (χ2v) is 9.67. The predicted octanol–water partition coefficient (Wildman–Crippen LogP) is 3.51. The van der Waals surface area contributed by atoms with E-state index in [-0.39, 0.29) is 11.3 Å². The Balaban J connectivity index is 1.47. The number of carbonyl (C=O) groups is 2. The molecule has 6 nitrogen and oxygen atoms in total. The summed E-state index contributed by atoms with van der Waals surface area (Å²) in [5.41, 5.74) is 2.42. The van der Waals surface area contributed by atoms with Crippen molar-refractivity contribution in [3.63, 3.8) is 0 Å². The van der Waals surface area contributed by atoms with Gasteiger partial charge >= 0.3 is 0 Å². The molecule has 2 amide bonds. The minimum absolute atomic E-state index is 0.0242. The van der Waals surface area contributed by atoms with E-state index in [1.54, 1.807) is 4.68 Å². The summed E-state index contributed by atoms with van der Waals surface area (Å²) in [6.45, 7) is 5.43. The fourth-order valence-corrected chi connectivity index (χ4v) is 6.19. The Bertz CT molecular complexity index is 780. The van der Waals surface area contributed by atoms with Crippen molar-refractivity contribution in [1.82, 2.24) is 20.0 Å². The third-order valence-electron chi connectivity index (χ3n) is 7.91. The molecule has 3 fully saturated rings. The Hall–Kier alpha value is -1.85. The fourth-order valence-electron chi connectivity index (χ4n) is 6.19. The molecular formula is C23H36N4O2. The molecular weight excluding hydrogens is 364 g/mol.